The highest BCUT2D eigenvalue weighted by atomic mass is 16.1. The molecule has 2 aliphatic rings. The molecule has 1 heterocycles. The largest absolute Gasteiger partial charge is 0.353 e. The number of amides is 1. The molecule has 1 unspecified atom stereocenters. The minimum Gasteiger partial charge on any atom is -0.353 e. The summed E-state index contributed by atoms with van der Waals surface area (Å²) in [5, 5.41) is 3.18. The van der Waals surface area contributed by atoms with Crippen molar-refractivity contribution in [2.75, 3.05) is 19.6 Å². The number of hydrogen-bond donors (Lipinski definition) is 2. The SMILES string of the molecule is NCC1CCCN1CCC(=O)NC1CCCCC1. The fraction of sp³-hybridized carbons (Fsp3) is 0.929. The van der Waals surface area contributed by atoms with Crippen LogP contribution in [0, 0.1) is 0 Å². The van der Waals surface area contributed by atoms with Crippen LogP contribution < -0.4 is 11.1 Å². The molecule has 104 valence electrons. The van der Waals surface area contributed by atoms with Gasteiger partial charge in [0.25, 0.3) is 0 Å². The number of hydrogen-bond acceptors (Lipinski definition) is 3. The van der Waals surface area contributed by atoms with E-state index in [1.807, 2.05) is 0 Å². The molecule has 2 fully saturated rings. The minimum atomic E-state index is 0.226. The van der Waals surface area contributed by atoms with Gasteiger partial charge in [0.1, 0.15) is 0 Å². The summed E-state index contributed by atoms with van der Waals surface area (Å²) in [7, 11) is 0. The third kappa shape index (κ3) is 3.95. The van der Waals surface area contributed by atoms with Crippen LogP contribution in [-0.4, -0.2) is 42.5 Å². The Morgan fingerprint density at radius 1 is 1.17 bits per heavy atom. The molecule has 1 saturated carbocycles. The van der Waals surface area contributed by atoms with E-state index in [4.69, 9.17) is 5.73 Å². The number of nitrogens with one attached hydrogen (secondary N) is 1. The summed E-state index contributed by atoms with van der Waals surface area (Å²) < 4.78 is 0. The number of carbonyl (C=O) groups is 1. The zero-order valence-corrected chi connectivity index (χ0v) is 11.4. The van der Waals surface area contributed by atoms with Gasteiger partial charge >= 0.3 is 0 Å². The molecule has 4 heteroatoms. The third-order valence-electron chi connectivity index (χ3n) is 4.37. The normalized spacial score (nSPS) is 26.4. The molecule has 0 aromatic heterocycles. The van der Waals surface area contributed by atoms with Crippen LogP contribution in [0.15, 0.2) is 0 Å². The quantitative estimate of drug-likeness (QED) is 0.775. The maximum Gasteiger partial charge on any atom is 0.221 e. The molecule has 0 spiro atoms. The van der Waals surface area contributed by atoms with Gasteiger partial charge in [0.05, 0.1) is 0 Å². The lowest BCUT2D eigenvalue weighted by Gasteiger charge is -2.25. The van der Waals surface area contributed by atoms with E-state index < -0.39 is 0 Å². The molecule has 0 aromatic rings. The molecule has 1 aliphatic carbocycles. The van der Waals surface area contributed by atoms with E-state index in [1.54, 1.807) is 0 Å². The van der Waals surface area contributed by atoms with E-state index in [-0.39, 0.29) is 5.91 Å². The highest BCUT2D eigenvalue weighted by molar-refractivity contribution is 5.76. The zero-order chi connectivity index (χ0) is 12.8. The lowest BCUT2D eigenvalue weighted by Crippen LogP contribution is -2.40. The molecule has 1 atom stereocenters. The van der Waals surface area contributed by atoms with Crippen LogP contribution in [0.2, 0.25) is 0 Å². The number of rotatable bonds is 5. The molecule has 0 radical (unpaired) electrons. The smallest absolute Gasteiger partial charge is 0.221 e. The van der Waals surface area contributed by atoms with E-state index in [9.17, 15) is 4.79 Å². The molecule has 2 rings (SSSR count). The van der Waals surface area contributed by atoms with Gasteiger partial charge in [-0.25, -0.2) is 0 Å². The molecule has 1 amide bonds. The summed E-state index contributed by atoms with van der Waals surface area (Å²) in [4.78, 5) is 14.3. The lowest BCUT2D eigenvalue weighted by atomic mass is 9.95. The molecule has 0 aromatic carbocycles. The highest BCUT2D eigenvalue weighted by Gasteiger charge is 2.23. The molecule has 0 bridgehead atoms. The van der Waals surface area contributed by atoms with E-state index >= 15 is 0 Å². The first-order chi connectivity index (χ1) is 8.79. The Hall–Kier alpha value is -0.610. The molecule has 3 N–H and O–H groups in total. The van der Waals surface area contributed by atoms with Gasteiger partial charge in [0.15, 0.2) is 0 Å². The second-order valence-electron chi connectivity index (χ2n) is 5.72. The second kappa shape index (κ2) is 7.10. The Kier molecular flexibility index (Phi) is 5.45. The van der Waals surface area contributed by atoms with Crippen LogP contribution in [0.3, 0.4) is 0 Å². The third-order valence-corrected chi connectivity index (χ3v) is 4.37. The van der Waals surface area contributed by atoms with Gasteiger partial charge in [-0.15, -0.1) is 0 Å². The molecule has 4 nitrogen and oxygen atoms in total. The van der Waals surface area contributed by atoms with E-state index in [2.05, 4.69) is 10.2 Å². The number of nitrogens with two attached hydrogens (primary N) is 1. The van der Waals surface area contributed by atoms with Gasteiger partial charge in [-0.3, -0.25) is 9.69 Å². The number of nitrogens with zero attached hydrogens (tertiary/aromatic N) is 1. The van der Waals surface area contributed by atoms with Crippen LogP contribution in [0.1, 0.15) is 51.4 Å². The van der Waals surface area contributed by atoms with Crippen molar-refractivity contribution < 1.29 is 4.79 Å². The van der Waals surface area contributed by atoms with Crippen LogP contribution in [0.5, 0.6) is 0 Å². The molecule has 1 saturated heterocycles. The summed E-state index contributed by atoms with van der Waals surface area (Å²) >= 11 is 0. The number of carbonyl (C=O) groups excluding carboxylic acids is 1. The average molecular weight is 253 g/mol. The van der Waals surface area contributed by atoms with Crippen LogP contribution in [-0.2, 0) is 4.79 Å². The van der Waals surface area contributed by atoms with Crippen molar-refractivity contribution in [1.29, 1.82) is 0 Å². The second-order valence-corrected chi connectivity index (χ2v) is 5.72. The van der Waals surface area contributed by atoms with Crippen molar-refractivity contribution in [3.05, 3.63) is 0 Å². The van der Waals surface area contributed by atoms with Crippen LogP contribution >= 0.6 is 0 Å². The monoisotopic (exact) mass is 253 g/mol. The van der Waals surface area contributed by atoms with Gasteiger partial charge in [-0.2, -0.15) is 0 Å². The van der Waals surface area contributed by atoms with Gasteiger partial charge in [0.2, 0.25) is 5.91 Å². The van der Waals surface area contributed by atoms with Gasteiger partial charge in [-0.1, -0.05) is 19.3 Å². The maximum absolute atomic E-state index is 11.9. The van der Waals surface area contributed by atoms with E-state index in [0.29, 0.717) is 18.5 Å². The fourth-order valence-electron chi connectivity index (χ4n) is 3.25. The predicted octanol–water partition coefficient (Wildman–Crippen LogP) is 1.25. The van der Waals surface area contributed by atoms with E-state index in [1.165, 1.54) is 44.9 Å². The first kappa shape index (κ1) is 13.8. The van der Waals surface area contributed by atoms with Crippen molar-refractivity contribution in [2.45, 2.75) is 63.5 Å². The first-order valence-electron chi connectivity index (χ1n) is 7.53. The zero-order valence-electron chi connectivity index (χ0n) is 11.4. The first-order valence-corrected chi connectivity index (χ1v) is 7.53. The number of likely N-dealkylation sites (tertiary alicyclic amines) is 1. The Morgan fingerprint density at radius 3 is 2.67 bits per heavy atom. The lowest BCUT2D eigenvalue weighted by molar-refractivity contribution is -0.122. The summed E-state index contributed by atoms with van der Waals surface area (Å²) in [6.45, 7) is 2.71. The van der Waals surface area contributed by atoms with Gasteiger partial charge in [0, 0.05) is 31.6 Å². The standard InChI is InChI=1S/C14H27N3O/c15-11-13-7-4-9-17(13)10-8-14(18)16-12-5-2-1-3-6-12/h12-13H,1-11,15H2,(H,16,18). The van der Waals surface area contributed by atoms with Crippen molar-refractivity contribution >= 4 is 5.91 Å². The van der Waals surface area contributed by atoms with Crippen molar-refractivity contribution in [3.63, 3.8) is 0 Å². The molecular weight excluding hydrogens is 226 g/mol. The van der Waals surface area contributed by atoms with Crippen LogP contribution in [0.25, 0.3) is 0 Å². The molecule has 18 heavy (non-hydrogen) atoms. The maximum atomic E-state index is 11.9. The Labute approximate surface area is 110 Å². The summed E-state index contributed by atoms with van der Waals surface area (Å²) in [5.74, 6) is 0.226. The van der Waals surface area contributed by atoms with Crippen molar-refractivity contribution in [3.8, 4) is 0 Å². The van der Waals surface area contributed by atoms with Gasteiger partial charge < -0.3 is 11.1 Å². The summed E-state index contributed by atoms with van der Waals surface area (Å²) in [6, 6.07) is 0.947. The van der Waals surface area contributed by atoms with Gasteiger partial charge in [-0.05, 0) is 32.2 Å². The Morgan fingerprint density at radius 2 is 1.94 bits per heavy atom. The average Bonchev–Trinajstić information content (AvgIpc) is 2.85. The van der Waals surface area contributed by atoms with Crippen LogP contribution in [0.4, 0.5) is 0 Å². The Bertz CT molecular complexity index is 264. The minimum absolute atomic E-state index is 0.226. The highest BCUT2D eigenvalue weighted by Crippen LogP contribution is 2.18. The fourth-order valence-corrected chi connectivity index (χ4v) is 3.25. The summed E-state index contributed by atoms with van der Waals surface area (Å²) in [5.41, 5.74) is 5.74. The Balaban J connectivity index is 1.64. The molecular formula is C14H27N3O. The van der Waals surface area contributed by atoms with E-state index in [0.717, 1.165) is 19.6 Å². The topological polar surface area (TPSA) is 58.4 Å². The molecule has 1 aliphatic heterocycles. The van der Waals surface area contributed by atoms with Crippen molar-refractivity contribution in [1.82, 2.24) is 10.2 Å². The van der Waals surface area contributed by atoms with Crippen molar-refractivity contribution in [2.24, 2.45) is 5.73 Å². The predicted molar refractivity (Wildman–Crippen MR) is 73.3 cm³/mol. The summed E-state index contributed by atoms with van der Waals surface area (Å²) in [6.07, 6.45) is 9.26.